The van der Waals surface area contributed by atoms with Crippen molar-refractivity contribution in [2.24, 2.45) is 0 Å². The van der Waals surface area contributed by atoms with Crippen LogP contribution in [0.2, 0.25) is 0 Å². The van der Waals surface area contributed by atoms with Gasteiger partial charge in [-0.25, -0.2) is 4.39 Å². The monoisotopic (exact) mass is 416 g/mol. The van der Waals surface area contributed by atoms with E-state index in [9.17, 15) is 14.0 Å². The first-order valence-electron chi connectivity index (χ1n) is 9.66. The Morgan fingerprint density at radius 3 is 2.60 bits per heavy atom. The normalized spacial score (nSPS) is 18.2. The number of hydrogen-bond acceptors (Lipinski definition) is 5. The second-order valence-electron chi connectivity index (χ2n) is 6.90. The lowest BCUT2D eigenvalue weighted by Gasteiger charge is -2.23. The Labute approximate surface area is 174 Å². The van der Waals surface area contributed by atoms with E-state index in [0.29, 0.717) is 25.3 Å². The Morgan fingerprint density at radius 2 is 1.93 bits per heavy atom. The van der Waals surface area contributed by atoms with Gasteiger partial charge in [-0.1, -0.05) is 18.2 Å². The molecule has 0 radical (unpaired) electrons. The molecule has 2 aromatic carbocycles. The van der Waals surface area contributed by atoms with Gasteiger partial charge in [0.1, 0.15) is 17.9 Å². The number of carbonyl (C=O) groups excluding carboxylic acids is 2. The molecule has 2 aromatic rings. The van der Waals surface area contributed by atoms with Crippen LogP contribution in [0.15, 0.2) is 48.5 Å². The fourth-order valence-corrected chi connectivity index (χ4v) is 3.41. The molecule has 30 heavy (non-hydrogen) atoms. The first-order valence-corrected chi connectivity index (χ1v) is 9.66. The van der Waals surface area contributed by atoms with Crippen molar-refractivity contribution in [3.05, 3.63) is 59.9 Å². The van der Waals surface area contributed by atoms with Crippen LogP contribution in [0.3, 0.4) is 0 Å². The highest BCUT2D eigenvalue weighted by molar-refractivity contribution is 5.98. The Balaban J connectivity index is 1.79. The van der Waals surface area contributed by atoms with E-state index in [1.165, 1.54) is 24.1 Å². The van der Waals surface area contributed by atoms with Crippen molar-refractivity contribution in [2.75, 3.05) is 33.9 Å². The summed E-state index contributed by atoms with van der Waals surface area (Å²) in [5, 5.41) is 2.77. The lowest BCUT2D eigenvalue weighted by molar-refractivity contribution is -0.125. The fourth-order valence-electron chi connectivity index (χ4n) is 3.41. The highest BCUT2D eigenvalue weighted by Gasteiger charge is 2.41. The first-order chi connectivity index (χ1) is 14.5. The Kier molecular flexibility index (Phi) is 7.24. The maximum atomic E-state index is 14.1. The Morgan fingerprint density at radius 1 is 1.17 bits per heavy atom. The van der Waals surface area contributed by atoms with Crippen LogP contribution in [0.5, 0.6) is 11.5 Å². The summed E-state index contributed by atoms with van der Waals surface area (Å²) in [6, 6.07) is 12.5. The lowest BCUT2D eigenvalue weighted by atomic mass is 10.1. The molecule has 1 heterocycles. The number of benzene rings is 2. The smallest absolute Gasteiger partial charge is 0.254 e. The number of hydrogen-bond donors (Lipinski definition) is 1. The van der Waals surface area contributed by atoms with Gasteiger partial charge in [-0.3, -0.25) is 9.59 Å². The summed E-state index contributed by atoms with van der Waals surface area (Å²) in [6.45, 7) is 0.902. The van der Waals surface area contributed by atoms with Gasteiger partial charge < -0.3 is 24.4 Å². The van der Waals surface area contributed by atoms with E-state index in [0.717, 1.165) is 6.07 Å². The maximum Gasteiger partial charge on any atom is 0.254 e. The van der Waals surface area contributed by atoms with Crippen LogP contribution in [-0.4, -0.2) is 62.8 Å². The number of likely N-dealkylation sites (tertiary alicyclic amines) is 1. The predicted molar refractivity (Wildman–Crippen MR) is 108 cm³/mol. The van der Waals surface area contributed by atoms with Crippen molar-refractivity contribution in [2.45, 2.75) is 18.6 Å². The van der Waals surface area contributed by atoms with Crippen molar-refractivity contribution in [3.63, 3.8) is 0 Å². The number of ether oxygens (including phenoxy) is 3. The molecule has 0 aliphatic carbocycles. The number of nitrogens with zero attached hydrogens (tertiary/aromatic N) is 1. The number of nitrogens with one attached hydrogen (secondary N) is 1. The minimum absolute atomic E-state index is 0.0483. The molecule has 3 rings (SSSR count). The molecule has 1 N–H and O–H groups in total. The lowest BCUT2D eigenvalue weighted by Crippen LogP contribution is -2.46. The van der Waals surface area contributed by atoms with Crippen LogP contribution in [0.4, 0.5) is 4.39 Å². The second kappa shape index (κ2) is 10.1. The third kappa shape index (κ3) is 5.07. The van der Waals surface area contributed by atoms with Crippen molar-refractivity contribution in [3.8, 4) is 11.5 Å². The molecular weight excluding hydrogens is 391 g/mol. The van der Waals surface area contributed by atoms with Gasteiger partial charge in [-0.2, -0.15) is 0 Å². The van der Waals surface area contributed by atoms with Gasteiger partial charge >= 0.3 is 0 Å². The van der Waals surface area contributed by atoms with Crippen LogP contribution in [0.25, 0.3) is 0 Å². The number of methoxy groups -OCH3 is 2. The van der Waals surface area contributed by atoms with E-state index in [2.05, 4.69) is 5.32 Å². The molecule has 160 valence electrons. The zero-order valence-corrected chi connectivity index (χ0v) is 17.0. The molecule has 1 aliphatic heterocycles. The Hall–Kier alpha value is -3.13. The fraction of sp³-hybridized carbons (Fsp3) is 0.364. The third-order valence-electron chi connectivity index (χ3n) is 4.88. The summed E-state index contributed by atoms with van der Waals surface area (Å²) in [4.78, 5) is 27.2. The molecule has 0 spiro atoms. The van der Waals surface area contributed by atoms with Crippen molar-refractivity contribution >= 4 is 11.8 Å². The molecular formula is C22H25FN2O5. The quantitative estimate of drug-likeness (QED) is 0.668. The van der Waals surface area contributed by atoms with E-state index < -0.39 is 17.8 Å². The van der Waals surface area contributed by atoms with E-state index in [1.54, 1.807) is 7.11 Å². The zero-order valence-electron chi connectivity index (χ0n) is 17.0. The summed E-state index contributed by atoms with van der Waals surface area (Å²) in [5.74, 6) is -0.671. The molecule has 2 atom stereocenters. The van der Waals surface area contributed by atoms with E-state index in [4.69, 9.17) is 14.2 Å². The van der Waals surface area contributed by atoms with Crippen LogP contribution in [0, 0.1) is 5.82 Å². The van der Waals surface area contributed by atoms with E-state index >= 15 is 0 Å². The van der Waals surface area contributed by atoms with Gasteiger partial charge in [0.05, 0.1) is 20.3 Å². The van der Waals surface area contributed by atoms with Crippen LogP contribution < -0.4 is 14.8 Å². The second-order valence-corrected chi connectivity index (χ2v) is 6.90. The SMILES string of the molecule is COCCNC(=O)[C@@H]1C[C@H](Oc2ccccc2)CN1C(=O)c1ccc(OC)c(F)c1. The van der Waals surface area contributed by atoms with E-state index in [1.807, 2.05) is 30.3 Å². The molecule has 8 heteroatoms. The number of amides is 2. The van der Waals surface area contributed by atoms with Gasteiger partial charge in [0.25, 0.3) is 5.91 Å². The summed E-state index contributed by atoms with van der Waals surface area (Å²) in [7, 11) is 2.89. The van der Waals surface area contributed by atoms with Crippen molar-refractivity contribution in [1.82, 2.24) is 10.2 Å². The van der Waals surface area contributed by atoms with Crippen molar-refractivity contribution in [1.29, 1.82) is 0 Å². The molecule has 1 aliphatic rings. The minimum atomic E-state index is -0.728. The summed E-state index contributed by atoms with van der Waals surface area (Å²) in [6.07, 6.45) is -0.0319. The first kappa shape index (κ1) is 21.6. The topological polar surface area (TPSA) is 77.1 Å². The number of carbonyl (C=O) groups is 2. The maximum absolute atomic E-state index is 14.1. The largest absolute Gasteiger partial charge is 0.494 e. The van der Waals surface area contributed by atoms with Crippen LogP contribution in [-0.2, 0) is 9.53 Å². The average Bonchev–Trinajstić information content (AvgIpc) is 3.17. The van der Waals surface area contributed by atoms with Gasteiger partial charge in [0.2, 0.25) is 5.91 Å². The molecule has 0 saturated carbocycles. The molecule has 0 aromatic heterocycles. The number of halogens is 1. The Bertz CT molecular complexity index is 877. The molecule has 1 saturated heterocycles. The number of rotatable bonds is 8. The standard InChI is InChI=1S/C22H25FN2O5/c1-28-11-10-24-21(26)19-13-17(30-16-6-4-3-5-7-16)14-25(19)22(27)15-8-9-20(29-2)18(23)12-15/h3-9,12,17,19H,10-11,13-14H2,1-2H3,(H,24,26)/t17-,19-/m0/s1. The molecule has 0 bridgehead atoms. The highest BCUT2D eigenvalue weighted by Crippen LogP contribution is 2.26. The number of para-hydroxylation sites is 1. The molecule has 1 fully saturated rings. The summed E-state index contributed by atoms with van der Waals surface area (Å²) >= 11 is 0. The van der Waals surface area contributed by atoms with Crippen molar-refractivity contribution < 1.29 is 28.2 Å². The molecule has 0 unspecified atom stereocenters. The zero-order chi connectivity index (χ0) is 21.5. The van der Waals surface area contributed by atoms with Crippen LogP contribution >= 0.6 is 0 Å². The summed E-state index contributed by atoms with van der Waals surface area (Å²) < 4.78 is 29.9. The molecule has 7 nitrogen and oxygen atoms in total. The van der Waals surface area contributed by atoms with Gasteiger partial charge in [-0.05, 0) is 30.3 Å². The predicted octanol–water partition coefficient (Wildman–Crippen LogP) is 2.26. The third-order valence-corrected chi connectivity index (χ3v) is 4.88. The van der Waals surface area contributed by atoms with Gasteiger partial charge in [0.15, 0.2) is 11.6 Å². The minimum Gasteiger partial charge on any atom is -0.494 e. The van der Waals surface area contributed by atoms with Gasteiger partial charge in [-0.15, -0.1) is 0 Å². The molecule has 2 amide bonds. The van der Waals surface area contributed by atoms with Gasteiger partial charge in [0, 0.05) is 25.6 Å². The average molecular weight is 416 g/mol. The highest BCUT2D eigenvalue weighted by atomic mass is 19.1. The van der Waals surface area contributed by atoms with E-state index in [-0.39, 0.29) is 29.9 Å². The summed E-state index contributed by atoms with van der Waals surface area (Å²) in [5.41, 5.74) is 0.142. The van der Waals surface area contributed by atoms with Crippen LogP contribution in [0.1, 0.15) is 16.8 Å².